The molecule has 7 nitrogen and oxygen atoms in total. The highest BCUT2D eigenvalue weighted by Gasteiger charge is 2.10. The number of aliphatic imine (C=N–C) groups is 1. The maximum Gasteiger partial charge on any atom is 0.318 e. The van der Waals surface area contributed by atoms with Gasteiger partial charge >= 0.3 is 6.01 Å². The molecule has 2 heterocycles. The number of halogens is 1. The Labute approximate surface area is 145 Å². The van der Waals surface area contributed by atoms with Gasteiger partial charge in [-0.05, 0) is 17.7 Å². The van der Waals surface area contributed by atoms with Crippen molar-refractivity contribution in [1.82, 2.24) is 14.9 Å². The lowest BCUT2D eigenvalue weighted by Gasteiger charge is -2.23. The highest BCUT2D eigenvalue weighted by molar-refractivity contribution is 5.60. The largest absolute Gasteiger partial charge is 0.497 e. The topological polar surface area (TPSA) is 69.1 Å². The predicted octanol–water partition coefficient (Wildman–Crippen LogP) is 2.20. The zero-order chi connectivity index (χ0) is 17.5. The van der Waals surface area contributed by atoms with E-state index < -0.39 is 5.82 Å². The van der Waals surface area contributed by atoms with Gasteiger partial charge in [0.25, 0.3) is 0 Å². The third-order valence-corrected chi connectivity index (χ3v) is 3.59. The number of methoxy groups -OCH3 is 1. The van der Waals surface area contributed by atoms with Crippen LogP contribution in [0.25, 0.3) is 0 Å². The van der Waals surface area contributed by atoms with Gasteiger partial charge in [-0.3, -0.25) is 0 Å². The van der Waals surface area contributed by atoms with E-state index in [1.807, 2.05) is 29.2 Å². The van der Waals surface area contributed by atoms with Crippen LogP contribution in [0, 0.1) is 5.82 Å². The Hall–Kier alpha value is -2.74. The van der Waals surface area contributed by atoms with Crippen LogP contribution in [0.1, 0.15) is 5.56 Å². The Morgan fingerprint density at radius 1 is 1.36 bits per heavy atom. The molecule has 0 saturated carbocycles. The Bertz CT molecular complexity index is 736. The lowest BCUT2D eigenvalue weighted by Crippen LogP contribution is -2.35. The van der Waals surface area contributed by atoms with Crippen LogP contribution >= 0.6 is 0 Å². The molecule has 2 aromatic rings. The molecular formula is C17H19FN4O3. The molecule has 132 valence electrons. The fourth-order valence-corrected chi connectivity index (χ4v) is 2.24. The molecule has 1 aromatic carbocycles. The third-order valence-electron chi connectivity index (χ3n) is 3.59. The van der Waals surface area contributed by atoms with Gasteiger partial charge in [-0.1, -0.05) is 12.1 Å². The molecule has 0 aliphatic carbocycles. The quantitative estimate of drug-likeness (QED) is 0.590. The molecule has 1 aliphatic rings. The van der Waals surface area contributed by atoms with E-state index in [4.69, 9.17) is 14.2 Å². The van der Waals surface area contributed by atoms with Gasteiger partial charge in [0.2, 0.25) is 0 Å². The molecule has 3 rings (SSSR count). The first-order valence-electron chi connectivity index (χ1n) is 7.89. The molecule has 0 amide bonds. The molecule has 1 aliphatic heterocycles. The first-order valence-corrected chi connectivity index (χ1v) is 7.89. The van der Waals surface area contributed by atoms with E-state index in [1.54, 1.807) is 13.4 Å². The minimum Gasteiger partial charge on any atom is -0.497 e. The lowest BCUT2D eigenvalue weighted by molar-refractivity contribution is 0.0701. The first kappa shape index (κ1) is 17.1. The second kappa shape index (κ2) is 8.39. The van der Waals surface area contributed by atoms with E-state index in [1.165, 1.54) is 0 Å². The summed E-state index contributed by atoms with van der Waals surface area (Å²) in [7, 11) is 1.60. The van der Waals surface area contributed by atoms with Gasteiger partial charge in [0.05, 0.1) is 32.9 Å². The molecule has 0 unspecified atom stereocenters. The average molecular weight is 346 g/mol. The fraction of sp³-hybridized carbons (Fsp3) is 0.353. The first-order chi connectivity index (χ1) is 12.2. The summed E-state index contributed by atoms with van der Waals surface area (Å²) in [6.45, 7) is 2.95. The third kappa shape index (κ3) is 4.87. The van der Waals surface area contributed by atoms with Gasteiger partial charge in [0.1, 0.15) is 12.4 Å². The summed E-state index contributed by atoms with van der Waals surface area (Å²) in [5.41, 5.74) is 0.894. The summed E-state index contributed by atoms with van der Waals surface area (Å²) in [5.74, 6) is 0.0808. The highest BCUT2D eigenvalue weighted by Crippen LogP contribution is 2.18. The summed E-state index contributed by atoms with van der Waals surface area (Å²) in [6.07, 6.45) is 2.62. The molecule has 1 saturated heterocycles. The van der Waals surface area contributed by atoms with Gasteiger partial charge in [0, 0.05) is 13.1 Å². The van der Waals surface area contributed by atoms with E-state index in [-0.39, 0.29) is 18.4 Å². The highest BCUT2D eigenvalue weighted by atomic mass is 19.1. The number of morpholine rings is 1. The van der Waals surface area contributed by atoms with Crippen LogP contribution < -0.4 is 9.47 Å². The average Bonchev–Trinajstić information content (AvgIpc) is 2.67. The molecule has 0 atom stereocenters. The SMILES string of the molecule is COc1cccc(COc2ncc(F)c(/N=C/N3CCOCC3)n2)c1. The van der Waals surface area contributed by atoms with Crippen molar-refractivity contribution in [3.8, 4) is 11.8 Å². The zero-order valence-corrected chi connectivity index (χ0v) is 13.9. The summed E-state index contributed by atoms with van der Waals surface area (Å²) in [6, 6.07) is 7.51. The van der Waals surface area contributed by atoms with Crippen molar-refractivity contribution < 1.29 is 18.6 Å². The Kier molecular flexibility index (Phi) is 5.73. The van der Waals surface area contributed by atoms with Crippen molar-refractivity contribution >= 4 is 12.2 Å². The lowest BCUT2D eigenvalue weighted by atomic mass is 10.2. The predicted molar refractivity (Wildman–Crippen MR) is 89.9 cm³/mol. The van der Waals surface area contributed by atoms with Crippen LogP contribution in [0.4, 0.5) is 10.2 Å². The molecule has 25 heavy (non-hydrogen) atoms. The van der Waals surface area contributed by atoms with Gasteiger partial charge in [-0.15, -0.1) is 0 Å². The molecule has 0 radical (unpaired) electrons. The summed E-state index contributed by atoms with van der Waals surface area (Å²) in [5, 5.41) is 0. The monoisotopic (exact) mass is 346 g/mol. The zero-order valence-electron chi connectivity index (χ0n) is 13.9. The van der Waals surface area contributed by atoms with Crippen LogP contribution in [0.2, 0.25) is 0 Å². The molecule has 1 aromatic heterocycles. The number of hydrogen-bond acceptors (Lipinski definition) is 6. The Morgan fingerprint density at radius 3 is 3.00 bits per heavy atom. The van der Waals surface area contributed by atoms with E-state index in [2.05, 4.69) is 15.0 Å². The van der Waals surface area contributed by atoms with Gasteiger partial charge in [0.15, 0.2) is 11.6 Å². The molecular weight excluding hydrogens is 327 g/mol. The fourth-order valence-electron chi connectivity index (χ4n) is 2.24. The van der Waals surface area contributed by atoms with Crippen LogP contribution in [-0.2, 0) is 11.3 Å². The maximum atomic E-state index is 13.8. The van der Waals surface area contributed by atoms with Crippen molar-refractivity contribution in [1.29, 1.82) is 0 Å². The normalized spacial score (nSPS) is 14.7. The standard InChI is InChI=1S/C17H19FN4O3/c1-23-14-4-2-3-13(9-14)11-25-17-19-10-15(18)16(21-17)20-12-22-5-7-24-8-6-22/h2-4,9-10,12H,5-8,11H2,1H3/b20-12+. The second-order valence-electron chi connectivity index (χ2n) is 5.36. The van der Waals surface area contributed by atoms with Crippen LogP contribution in [0.3, 0.4) is 0 Å². The van der Waals surface area contributed by atoms with Crippen LogP contribution in [0.15, 0.2) is 35.5 Å². The number of rotatable bonds is 6. The number of hydrogen-bond donors (Lipinski definition) is 0. The molecule has 0 spiro atoms. The van der Waals surface area contributed by atoms with E-state index in [0.29, 0.717) is 13.2 Å². The number of ether oxygens (including phenoxy) is 3. The van der Waals surface area contributed by atoms with Crippen molar-refractivity contribution in [2.45, 2.75) is 6.61 Å². The number of benzene rings is 1. The van der Waals surface area contributed by atoms with Crippen molar-refractivity contribution in [2.24, 2.45) is 4.99 Å². The van der Waals surface area contributed by atoms with E-state index >= 15 is 0 Å². The summed E-state index contributed by atoms with van der Waals surface area (Å²) < 4.78 is 29.8. The van der Waals surface area contributed by atoms with Gasteiger partial charge in [-0.2, -0.15) is 4.98 Å². The molecule has 0 N–H and O–H groups in total. The van der Waals surface area contributed by atoms with Crippen LogP contribution in [0.5, 0.6) is 11.8 Å². The summed E-state index contributed by atoms with van der Waals surface area (Å²) in [4.78, 5) is 13.9. The summed E-state index contributed by atoms with van der Waals surface area (Å²) >= 11 is 0. The molecule has 1 fully saturated rings. The van der Waals surface area contributed by atoms with E-state index in [9.17, 15) is 4.39 Å². The number of aromatic nitrogens is 2. The second-order valence-corrected chi connectivity index (χ2v) is 5.36. The van der Waals surface area contributed by atoms with E-state index in [0.717, 1.165) is 30.6 Å². The maximum absolute atomic E-state index is 13.8. The van der Waals surface area contributed by atoms with Gasteiger partial charge < -0.3 is 19.1 Å². The van der Waals surface area contributed by atoms with Crippen molar-refractivity contribution in [2.75, 3.05) is 33.4 Å². The smallest absolute Gasteiger partial charge is 0.318 e. The molecule has 0 bridgehead atoms. The molecule has 8 heteroatoms. The Balaban J connectivity index is 1.65. The van der Waals surface area contributed by atoms with Crippen molar-refractivity contribution in [3.63, 3.8) is 0 Å². The minimum absolute atomic E-state index is 0.0536. The van der Waals surface area contributed by atoms with Crippen molar-refractivity contribution in [3.05, 3.63) is 41.8 Å². The number of nitrogens with zero attached hydrogens (tertiary/aromatic N) is 4. The minimum atomic E-state index is -0.599. The van der Waals surface area contributed by atoms with Crippen LogP contribution in [-0.4, -0.2) is 54.6 Å². The Morgan fingerprint density at radius 2 is 2.20 bits per heavy atom. The van der Waals surface area contributed by atoms with Gasteiger partial charge in [-0.25, -0.2) is 14.4 Å².